The molecule has 0 aromatic heterocycles. The normalized spacial score (nSPS) is 17.6. The molecule has 0 unspecified atom stereocenters. The SMILES string of the molecule is Cc1ccccc1NC(=O)C[C@@H]1C(=O)Nc2ccccc2N1CC(=O)N1CCOC1=O. The topological polar surface area (TPSA) is 108 Å². The number of imide groups is 1. The Labute approximate surface area is 179 Å². The number of hydrogen-bond acceptors (Lipinski definition) is 6. The van der Waals surface area contributed by atoms with Gasteiger partial charge in [0.05, 0.1) is 30.9 Å². The Morgan fingerprint density at radius 2 is 1.87 bits per heavy atom. The lowest BCUT2D eigenvalue weighted by Gasteiger charge is -2.37. The van der Waals surface area contributed by atoms with Gasteiger partial charge in [-0.2, -0.15) is 0 Å². The fourth-order valence-corrected chi connectivity index (χ4v) is 3.69. The lowest BCUT2D eigenvalue weighted by Crippen LogP contribution is -2.53. The van der Waals surface area contributed by atoms with Crippen LogP contribution >= 0.6 is 0 Å². The molecule has 2 aromatic carbocycles. The van der Waals surface area contributed by atoms with Crippen LogP contribution in [0.3, 0.4) is 0 Å². The number of hydrogen-bond donors (Lipinski definition) is 2. The van der Waals surface area contributed by atoms with Crippen molar-refractivity contribution in [2.45, 2.75) is 19.4 Å². The van der Waals surface area contributed by atoms with E-state index < -0.39 is 23.9 Å². The summed E-state index contributed by atoms with van der Waals surface area (Å²) in [7, 11) is 0. The molecule has 9 heteroatoms. The molecule has 1 atom stereocenters. The Kier molecular flexibility index (Phi) is 5.57. The van der Waals surface area contributed by atoms with Crippen molar-refractivity contribution in [1.29, 1.82) is 0 Å². The van der Waals surface area contributed by atoms with Gasteiger partial charge in [-0.1, -0.05) is 30.3 Å². The molecule has 0 spiro atoms. The number of rotatable bonds is 5. The zero-order valence-electron chi connectivity index (χ0n) is 17.0. The summed E-state index contributed by atoms with van der Waals surface area (Å²) in [6, 6.07) is 13.4. The average molecular weight is 422 g/mol. The van der Waals surface area contributed by atoms with Crippen LogP contribution in [0.5, 0.6) is 0 Å². The van der Waals surface area contributed by atoms with E-state index in [-0.39, 0.29) is 32.0 Å². The Morgan fingerprint density at radius 1 is 1.13 bits per heavy atom. The van der Waals surface area contributed by atoms with Gasteiger partial charge in [-0.05, 0) is 30.7 Å². The van der Waals surface area contributed by atoms with Crippen molar-refractivity contribution in [3.05, 3.63) is 54.1 Å². The predicted molar refractivity (Wildman–Crippen MR) is 114 cm³/mol. The molecule has 0 saturated carbocycles. The van der Waals surface area contributed by atoms with E-state index in [9.17, 15) is 19.2 Å². The summed E-state index contributed by atoms with van der Waals surface area (Å²) in [5, 5.41) is 5.62. The molecule has 2 heterocycles. The highest BCUT2D eigenvalue weighted by Gasteiger charge is 2.38. The third kappa shape index (κ3) is 4.20. The minimum Gasteiger partial charge on any atom is -0.447 e. The lowest BCUT2D eigenvalue weighted by molar-refractivity contribution is -0.127. The van der Waals surface area contributed by atoms with Gasteiger partial charge >= 0.3 is 6.09 Å². The molecule has 0 aliphatic carbocycles. The van der Waals surface area contributed by atoms with Gasteiger partial charge < -0.3 is 20.3 Å². The van der Waals surface area contributed by atoms with Crippen LogP contribution in [0, 0.1) is 6.92 Å². The van der Waals surface area contributed by atoms with Crippen LogP contribution in [0.4, 0.5) is 21.9 Å². The highest BCUT2D eigenvalue weighted by atomic mass is 16.6. The van der Waals surface area contributed by atoms with Crippen LogP contribution in [0.15, 0.2) is 48.5 Å². The molecule has 2 aliphatic rings. The van der Waals surface area contributed by atoms with Gasteiger partial charge in [-0.15, -0.1) is 0 Å². The number of cyclic esters (lactones) is 1. The molecular formula is C22H22N4O5. The maximum atomic E-state index is 12.8. The molecule has 2 N–H and O–H groups in total. The Bertz CT molecular complexity index is 1050. The number of anilines is 3. The number of aryl methyl sites for hydroxylation is 1. The van der Waals surface area contributed by atoms with E-state index >= 15 is 0 Å². The van der Waals surface area contributed by atoms with Crippen molar-refractivity contribution >= 4 is 40.9 Å². The van der Waals surface area contributed by atoms with Crippen LogP contribution in [0.25, 0.3) is 0 Å². The fraction of sp³-hybridized carbons (Fsp3) is 0.273. The first-order valence-corrected chi connectivity index (χ1v) is 9.93. The third-order valence-electron chi connectivity index (χ3n) is 5.32. The summed E-state index contributed by atoms with van der Waals surface area (Å²) < 4.78 is 4.84. The van der Waals surface area contributed by atoms with E-state index in [1.54, 1.807) is 35.2 Å². The van der Waals surface area contributed by atoms with Gasteiger partial charge in [0.1, 0.15) is 12.6 Å². The number of carbonyl (C=O) groups is 4. The largest absolute Gasteiger partial charge is 0.447 e. The molecule has 9 nitrogen and oxygen atoms in total. The summed E-state index contributed by atoms with van der Waals surface area (Å²) >= 11 is 0. The molecule has 2 aliphatic heterocycles. The first kappa shape index (κ1) is 20.4. The van der Waals surface area contributed by atoms with Crippen LogP contribution < -0.4 is 15.5 Å². The molecule has 31 heavy (non-hydrogen) atoms. The van der Waals surface area contributed by atoms with Crippen molar-refractivity contribution < 1.29 is 23.9 Å². The minimum absolute atomic E-state index is 0.143. The number of fused-ring (bicyclic) bond motifs is 1. The highest BCUT2D eigenvalue weighted by Crippen LogP contribution is 2.33. The van der Waals surface area contributed by atoms with Crippen LogP contribution in [0.2, 0.25) is 0 Å². The van der Waals surface area contributed by atoms with E-state index in [1.807, 2.05) is 25.1 Å². The number of para-hydroxylation sites is 3. The zero-order chi connectivity index (χ0) is 22.0. The monoisotopic (exact) mass is 422 g/mol. The Morgan fingerprint density at radius 3 is 2.61 bits per heavy atom. The van der Waals surface area contributed by atoms with Crippen molar-refractivity contribution in [2.75, 3.05) is 35.2 Å². The predicted octanol–water partition coefficient (Wildman–Crippen LogP) is 2.13. The first-order chi connectivity index (χ1) is 14.9. The molecular weight excluding hydrogens is 400 g/mol. The van der Waals surface area contributed by atoms with E-state index in [0.717, 1.165) is 10.5 Å². The highest BCUT2D eigenvalue weighted by molar-refractivity contribution is 6.08. The van der Waals surface area contributed by atoms with Gasteiger partial charge in [-0.3, -0.25) is 14.4 Å². The van der Waals surface area contributed by atoms with Gasteiger partial charge in [0, 0.05) is 5.69 Å². The number of nitrogens with zero attached hydrogens (tertiary/aromatic N) is 2. The van der Waals surface area contributed by atoms with E-state index in [4.69, 9.17) is 4.74 Å². The molecule has 0 radical (unpaired) electrons. The molecule has 4 rings (SSSR count). The number of benzene rings is 2. The van der Waals surface area contributed by atoms with Gasteiger partial charge in [0.25, 0.3) is 5.91 Å². The Balaban J connectivity index is 1.57. The fourth-order valence-electron chi connectivity index (χ4n) is 3.69. The molecule has 1 fully saturated rings. The Hall–Kier alpha value is -3.88. The maximum absolute atomic E-state index is 12.8. The third-order valence-corrected chi connectivity index (χ3v) is 5.32. The maximum Gasteiger partial charge on any atom is 0.416 e. The summed E-state index contributed by atoms with van der Waals surface area (Å²) in [4.78, 5) is 52.7. The standard InChI is InChI=1S/C22H22N4O5/c1-14-6-2-3-7-15(14)23-19(27)12-18-21(29)24-16-8-4-5-9-17(16)26(18)13-20(28)25-10-11-31-22(25)30/h2-9,18H,10-13H2,1H3,(H,23,27)(H,24,29)/t18-/m1/s1. The van der Waals surface area contributed by atoms with E-state index in [0.29, 0.717) is 17.1 Å². The quantitative estimate of drug-likeness (QED) is 0.764. The summed E-state index contributed by atoms with van der Waals surface area (Å²) in [6.07, 6.45) is -0.861. The second-order valence-electron chi connectivity index (χ2n) is 7.38. The number of ether oxygens (including phenoxy) is 1. The molecule has 2 aromatic rings. The molecule has 1 saturated heterocycles. The van der Waals surface area contributed by atoms with Crippen LogP contribution in [-0.2, 0) is 19.1 Å². The second kappa shape index (κ2) is 8.47. The number of amides is 4. The van der Waals surface area contributed by atoms with Gasteiger partial charge in [0.15, 0.2) is 0 Å². The first-order valence-electron chi connectivity index (χ1n) is 9.93. The smallest absolute Gasteiger partial charge is 0.416 e. The van der Waals surface area contributed by atoms with Crippen molar-refractivity contribution in [3.63, 3.8) is 0 Å². The molecule has 160 valence electrons. The summed E-state index contributed by atoms with van der Waals surface area (Å²) in [5.74, 6) is -1.24. The minimum atomic E-state index is -0.915. The number of nitrogens with one attached hydrogen (secondary N) is 2. The zero-order valence-corrected chi connectivity index (χ0v) is 17.0. The van der Waals surface area contributed by atoms with E-state index in [2.05, 4.69) is 10.6 Å². The summed E-state index contributed by atoms with van der Waals surface area (Å²) in [5.41, 5.74) is 2.71. The lowest BCUT2D eigenvalue weighted by atomic mass is 10.0. The van der Waals surface area contributed by atoms with Gasteiger partial charge in [0.2, 0.25) is 11.8 Å². The average Bonchev–Trinajstić information content (AvgIpc) is 3.18. The second-order valence-corrected chi connectivity index (χ2v) is 7.38. The van der Waals surface area contributed by atoms with E-state index in [1.165, 1.54) is 0 Å². The molecule has 0 bridgehead atoms. The van der Waals surface area contributed by atoms with Crippen LogP contribution in [-0.4, -0.2) is 54.5 Å². The van der Waals surface area contributed by atoms with Crippen molar-refractivity contribution in [3.8, 4) is 0 Å². The molecule has 4 amide bonds. The van der Waals surface area contributed by atoms with Crippen molar-refractivity contribution in [1.82, 2.24) is 4.90 Å². The number of carbonyl (C=O) groups excluding carboxylic acids is 4. The van der Waals surface area contributed by atoms with Gasteiger partial charge in [-0.25, -0.2) is 9.69 Å². The van der Waals surface area contributed by atoms with Crippen LogP contribution in [0.1, 0.15) is 12.0 Å². The van der Waals surface area contributed by atoms with Crippen molar-refractivity contribution in [2.24, 2.45) is 0 Å². The summed E-state index contributed by atoms with van der Waals surface area (Å²) in [6.45, 7) is 1.95.